The lowest BCUT2D eigenvalue weighted by atomic mass is 9.82. The summed E-state index contributed by atoms with van der Waals surface area (Å²) in [4.78, 5) is 15.2. The van der Waals surface area contributed by atoms with Gasteiger partial charge in [-0.05, 0) is 50.1 Å². The molecule has 0 radical (unpaired) electrons. The smallest absolute Gasteiger partial charge is 0.231 e. The summed E-state index contributed by atoms with van der Waals surface area (Å²) in [6, 6.07) is 0. The molecule has 0 atom stereocenters. The predicted octanol–water partition coefficient (Wildman–Crippen LogP) is 3.75. The second-order valence-corrected chi connectivity index (χ2v) is 8.01. The number of hydrogen-bond donors (Lipinski definition) is 1. The van der Waals surface area contributed by atoms with Gasteiger partial charge in [0.2, 0.25) is 17.2 Å². The van der Waals surface area contributed by atoms with Gasteiger partial charge in [-0.2, -0.15) is 15.0 Å². The van der Waals surface area contributed by atoms with E-state index in [0.717, 1.165) is 19.5 Å². The van der Waals surface area contributed by atoms with Crippen molar-refractivity contribution < 1.29 is 0 Å². The Morgan fingerprint density at radius 2 is 1.67 bits per heavy atom. The summed E-state index contributed by atoms with van der Waals surface area (Å²) in [6.07, 6.45) is 3.37. The molecule has 0 spiro atoms. The van der Waals surface area contributed by atoms with Crippen molar-refractivity contribution in [3.63, 3.8) is 0 Å². The number of nitrogens with one attached hydrogen (secondary N) is 1. The second-order valence-electron chi connectivity index (χ2n) is 7.67. The number of hydrogen-bond acceptors (Lipinski definition) is 5. The van der Waals surface area contributed by atoms with Crippen molar-refractivity contribution in [3.8, 4) is 0 Å². The van der Waals surface area contributed by atoms with Crippen LogP contribution in [0.15, 0.2) is 0 Å². The van der Waals surface area contributed by atoms with E-state index in [-0.39, 0.29) is 16.2 Å². The fourth-order valence-electron chi connectivity index (χ4n) is 3.13. The Bertz CT molecular complexity index is 489. The lowest BCUT2D eigenvalue weighted by molar-refractivity contribution is 0.301. The van der Waals surface area contributed by atoms with E-state index in [9.17, 15) is 0 Å². The first-order valence-corrected chi connectivity index (χ1v) is 7.97. The van der Waals surface area contributed by atoms with Gasteiger partial charge >= 0.3 is 0 Å². The van der Waals surface area contributed by atoms with Crippen LogP contribution in [-0.2, 0) is 0 Å². The molecule has 1 aromatic heterocycles. The maximum absolute atomic E-state index is 6.06. The minimum atomic E-state index is -0.106. The van der Waals surface area contributed by atoms with Crippen molar-refractivity contribution in [2.24, 2.45) is 5.41 Å². The van der Waals surface area contributed by atoms with Crippen molar-refractivity contribution in [2.45, 2.75) is 59.4 Å². The van der Waals surface area contributed by atoms with Crippen LogP contribution in [0, 0.1) is 5.41 Å². The average molecular weight is 312 g/mol. The fraction of sp³-hybridized carbons (Fsp3) is 0.800. The standard InChI is InChI=1S/C15H26ClN5/c1-14(2,3)10-15(4,5)20-12-17-11(16)18-13(19-12)21-8-6-7-9-21/h6-10H2,1-5H3,(H,17,18,19,20). The van der Waals surface area contributed by atoms with Gasteiger partial charge in [-0.1, -0.05) is 20.8 Å². The predicted molar refractivity (Wildman–Crippen MR) is 88.1 cm³/mol. The fourth-order valence-corrected chi connectivity index (χ4v) is 3.28. The SMILES string of the molecule is CC(C)(C)CC(C)(C)Nc1nc(Cl)nc(N2CCCC2)n1. The molecule has 118 valence electrons. The van der Waals surface area contributed by atoms with Crippen LogP contribution in [0.2, 0.25) is 5.28 Å². The van der Waals surface area contributed by atoms with Crippen LogP contribution < -0.4 is 10.2 Å². The number of rotatable bonds is 4. The highest BCUT2D eigenvalue weighted by atomic mass is 35.5. The minimum absolute atomic E-state index is 0.106. The maximum atomic E-state index is 6.06. The van der Waals surface area contributed by atoms with E-state index in [4.69, 9.17) is 11.6 Å². The van der Waals surface area contributed by atoms with Crippen molar-refractivity contribution in [2.75, 3.05) is 23.3 Å². The topological polar surface area (TPSA) is 53.9 Å². The maximum Gasteiger partial charge on any atom is 0.231 e. The number of aromatic nitrogens is 3. The summed E-state index contributed by atoms with van der Waals surface area (Å²) < 4.78 is 0. The summed E-state index contributed by atoms with van der Waals surface area (Å²) in [6.45, 7) is 13.0. The zero-order valence-corrected chi connectivity index (χ0v) is 14.5. The summed E-state index contributed by atoms with van der Waals surface area (Å²) in [5.74, 6) is 1.24. The Balaban J connectivity index is 2.16. The molecule has 0 saturated carbocycles. The summed E-state index contributed by atoms with van der Waals surface area (Å²) in [5.41, 5.74) is 0.121. The third kappa shape index (κ3) is 4.99. The molecule has 2 heterocycles. The van der Waals surface area contributed by atoms with Gasteiger partial charge in [-0.25, -0.2) is 0 Å². The van der Waals surface area contributed by atoms with Crippen LogP contribution in [0.25, 0.3) is 0 Å². The van der Waals surface area contributed by atoms with Gasteiger partial charge in [0.25, 0.3) is 0 Å². The van der Waals surface area contributed by atoms with Crippen LogP contribution in [0.4, 0.5) is 11.9 Å². The lowest BCUT2D eigenvalue weighted by Gasteiger charge is -2.33. The molecule has 1 aromatic rings. The van der Waals surface area contributed by atoms with E-state index in [1.807, 2.05) is 0 Å². The highest BCUT2D eigenvalue weighted by Gasteiger charge is 2.27. The van der Waals surface area contributed by atoms with E-state index >= 15 is 0 Å². The molecule has 6 heteroatoms. The molecule has 1 aliphatic rings. The van der Waals surface area contributed by atoms with Crippen LogP contribution in [-0.4, -0.2) is 33.6 Å². The Hall–Kier alpha value is -1.10. The summed E-state index contributed by atoms with van der Waals surface area (Å²) in [5, 5.41) is 3.66. The molecule has 2 rings (SSSR count). The third-order valence-electron chi connectivity index (χ3n) is 3.41. The Kier molecular flexibility index (Phi) is 4.61. The van der Waals surface area contributed by atoms with E-state index in [1.54, 1.807) is 0 Å². The number of halogens is 1. The van der Waals surface area contributed by atoms with Gasteiger partial charge in [0.15, 0.2) is 0 Å². The van der Waals surface area contributed by atoms with Gasteiger partial charge in [0.05, 0.1) is 0 Å². The number of anilines is 2. The molecular formula is C15H26ClN5. The lowest BCUT2D eigenvalue weighted by Crippen LogP contribution is -2.36. The largest absolute Gasteiger partial charge is 0.349 e. The summed E-state index contributed by atoms with van der Waals surface area (Å²) in [7, 11) is 0. The zero-order valence-electron chi connectivity index (χ0n) is 13.7. The molecule has 1 fully saturated rings. The first kappa shape index (κ1) is 16.3. The van der Waals surface area contributed by atoms with Crippen LogP contribution in [0.3, 0.4) is 0 Å². The van der Waals surface area contributed by atoms with E-state index in [2.05, 4.69) is 59.8 Å². The van der Waals surface area contributed by atoms with Crippen LogP contribution in [0.1, 0.15) is 53.9 Å². The molecule has 0 amide bonds. The Morgan fingerprint density at radius 1 is 1.05 bits per heavy atom. The molecule has 5 nitrogen and oxygen atoms in total. The van der Waals surface area contributed by atoms with Crippen LogP contribution >= 0.6 is 11.6 Å². The quantitative estimate of drug-likeness (QED) is 0.917. The Labute approximate surface area is 132 Å². The van der Waals surface area contributed by atoms with E-state index < -0.39 is 0 Å². The molecular weight excluding hydrogens is 286 g/mol. The zero-order chi connectivity index (χ0) is 15.7. The molecule has 0 aliphatic carbocycles. The average Bonchev–Trinajstić information content (AvgIpc) is 2.76. The van der Waals surface area contributed by atoms with Crippen molar-refractivity contribution in [1.29, 1.82) is 0 Å². The normalized spacial score (nSPS) is 16.4. The summed E-state index contributed by atoms with van der Waals surface area (Å²) >= 11 is 6.06. The second kappa shape index (κ2) is 5.95. The van der Waals surface area contributed by atoms with E-state index in [1.165, 1.54) is 12.8 Å². The first-order chi connectivity index (χ1) is 9.65. The van der Waals surface area contributed by atoms with Gasteiger partial charge < -0.3 is 10.2 Å². The van der Waals surface area contributed by atoms with Crippen LogP contribution in [0.5, 0.6) is 0 Å². The monoisotopic (exact) mass is 311 g/mol. The molecule has 1 saturated heterocycles. The Morgan fingerprint density at radius 3 is 2.24 bits per heavy atom. The van der Waals surface area contributed by atoms with Crippen molar-refractivity contribution in [3.05, 3.63) is 5.28 Å². The van der Waals surface area contributed by atoms with Gasteiger partial charge in [-0.3, -0.25) is 0 Å². The van der Waals surface area contributed by atoms with Gasteiger partial charge in [0.1, 0.15) is 0 Å². The molecule has 21 heavy (non-hydrogen) atoms. The van der Waals surface area contributed by atoms with Gasteiger partial charge in [0, 0.05) is 18.6 Å². The molecule has 0 bridgehead atoms. The molecule has 0 aromatic carbocycles. The van der Waals surface area contributed by atoms with Crippen molar-refractivity contribution >= 4 is 23.5 Å². The van der Waals surface area contributed by atoms with Crippen molar-refractivity contribution in [1.82, 2.24) is 15.0 Å². The molecule has 0 unspecified atom stereocenters. The number of nitrogens with zero attached hydrogens (tertiary/aromatic N) is 4. The molecule has 1 N–H and O–H groups in total. The van der Waals surface area contributed by atoms with Gasteiger partial charge in [-0.15, -0.1) is 0 Å². The highest BCUT2D eigenvalue weighted by Crippen LogP contribution is 2.29. The highest BCUT2D eigenvalue weighted by molar-refractivity contribution is 6.28. The first-order valence-electron chi connectivity index (χ1n) is 7.59. The van der Waals surface area contributed by atoms with E-state index in [0.29, 0.717) is 11.9 Å². The molecule has 1 aliphatic heterocycles. The minimum Gasteiger partial charge on any atom is -0.349 e. The third-order valence-corrected chi connectivity index (χ3v) is 3.58.